The molecule has 0 spiro atoms. The molecule has 2 aliphatic rings. The number of rotatable bonds is 2. The lowest BCUT2D eigenvalue weighted by atomic mass is 9.94. The van der Waals surface area contributed by atoms with Gasteiger partial charge in [-0.3, -0.25) is 4.79 Å². The van der Waals surface area contributed by atoms with Crippen LogP contribution in [0.3, 0.4) is 0 Å². The van der Waals surface area contributed by atoms with Gasteiger partial charge < -0.3 is 19.4 Å². The molecule has 6 heteroatoms. The molecular formula is C17H19N3O3. The maximum absolute atomic E-state index is 12.8. The van der Waals surface area contributed by atoms with Crippen LogP contribution in [-0.2, 0) is 24.2 Å². The largest absolute Gasteiger partial charge is 0.497 e. The third-order valence-electron chi connectivity index (χ3n) is 4.61. The second-order valence-electron chi connectivity index (χ2n) is 6.02. The molecule has 2 aromatic rings. The predicted molar refractivity (Wildman–Crippen MR) is 83.4 cm³/mol. The molecule has 4 rings (SSSR count). The van der Waals surface area contributed by atoms with Gasteiger partial charge in [0.1, 0.15) is 18.1 Å². The number of aromatic amines is 1. The van der Waals surface area contributed by atoms with Crippen LogP contribution in [0.15, 0.2) is 24.5 Å². The molecule has 1 atom stereocenters. The molecule has 3 heterocycles. The van der Waals surface area contributed by atoms with Crippen molar-refractivity contribution in [2.45, 2.75) is 19.4 Å². The number of methoxy groups -OCH3 is 1. The SMILES string of the molecule is COc1ccc2c(c1)C[C@H](C(=O)N1CCc3nc[nH]c3C1)CO2. The number of amides is 1. The van der Waals surface area contributed by atoms with E-state index in [1.54, 1.807) is 13.4 Å². The molecule has 1 aromatic carbocycles. The number of carbonyl (C=O) groups excluding carboxylic acids is 1. The lowest BCUT2D eigenvalue weighted by Gasteiger charge is -2.32. The molecule has 1 aromatic heterocycles. The second kappa shape index (κ2) is 5.61. The van der Waals surface area contributed by atoms with Crippen LogP contribution < -0.4 is 9.47 Å². The molecule has 0 unspecified atom stereocenters. The number of fused-ring (bicyclic) bond motifs is 2. The van der Waals surface area contributed by atoms with Crippen molar-refractivity contribution in [2.75, 3.05) is 20.3 Å². The van der Waals surface area contributed by atoms with Crippen LogP contribution in [0.1, 0.15) is 17.0 Å². The summed E-state index contributed by atoms with van der Waals surface area (Å²) in [7, 11) is 1.64. The Hall–Kier alpha value is -2.50. The number of ether oxygens (including phenoxy) is 2. The van der Waals surface area contributed by atoms with Gasteiger partial charge in [0.2, 0.25) is 5.91 Å². The van der Waals surface area contributed by atoms with E-state index in [2.05, 4.69) is 9.97 Å². The van der Waals surface area contributed by atoms with Gasteiger partial charge in [-0.2, -0.15) is 0 Å². The fraction of sp³-hybridized carbons (Fsp3) is 0.412. The van der Waals surface area contributed by atoms with Crippen molar-refractivity contribution in [3.8, 4) is 11.5 Å². The monoisotopic (exact) mass is 313 g/mol. The van der Waals surface area contributed by atoms with Crippen molar-refractivity contribution in [1.29, 1.82) is 0 Å². The molecule has 2 aliphatic heterocycles. The van der Waals surface area contributed by atoms with Crippen molar-refractivity contribution >= 4 is 5.91 Å². The number of benzene rings is 1. The van der Waals surface area contributed by atoms with Gasteiger partial charge in [-0.1, -0.05) is 0 Å². The smallest absolute Gasteiger partial charge is 0.229 e. The van der Waals surface area contributed by atoms with Crippen LogP contribution in [0.25, 0.3) is 0 Å². The summed E-state index contributed by atoms with van der Waals surface area (Å²) >= 11 is 0. The van der Waals surface area contributed by atoms with E-state index in [-0.39, 0.29) is 11.8 Å². The number of imidazole rings is 1. The standard InChI is InChI=1S/C17H19N3O3/c1-22-13-2-3-16-11(7-13)6-12(9-23-16)17(21)20-5-4-14-15(8-20)19-10-18-14/h2-3,7,10,12H,4-6,8-9H2,1H3,(H,18,19)/t12-/m0/s1. The van der Waals surface area contributed by atoms with Gasteiger partial charge in [-0.25, -0.2) is 4.98 Å². The molecule has 23 heavy (non-hydrogen) atoms. The minimum Gasteiger partial charge on any atom is -0.497 e. The Morgan fingerprint density at radius 1 is 1.48 bits per heavy atom. The molecule has 120 valence electrons. The van der Waals surface area contributed by atoms with E-state index in [9.17, 15) is 4.79 Å². The zero-order valence-electron chi connectivity index (χ0n) is 13.0. The highest BCUT2D eigenvalue weighted by Crippen LogP contribution is 2.31. The summed E-state index contributed by atoms with van der Waals surface area (Å²) in [5, 5.41) is 0. The summed E-state index contributed by atoms with van der Waals surface area (Å²) in [5.74, 6) is 1.66. The Labute approximate surface area is 134 Å². The van der Waals surface area contributed by atoms with Gasteiger partial charge in [-0.05, 0) is 30.2 Å². The maximum Gasteiger partial charge on any atom is 0.229 e. The molecular weight excluding hydrogens is 294 g/mol. The number of nitrogens with one attached hydrogen (secondary N) is 1. The molecule has 1 amide bonds. The summed E-state index contributed by atoms with van der Waals surface area (Å²) in [6.45, 7) is 1.76. The van der Waals surface area contributed by atoms with E-state index in [4.69, 9.17) is 9.47 Å². The molecule has 0 saturated heterocycles. The Balaban J connectivity index is 1.49. The van der Waals surface area contributed by atoms with Gasteiger partial charge >= 0.3 is 0 Å². The minimum atomic E-state index is -0.140. The Morgan fingerprint density at radius 2 is 2.39 bits per heavy atom. The van der Waals surface area contributed by atoms with Crippen molar-refractivity contribution in [3.05, 3.63) is 41.5 Å². The van der Waals surface area contributed by atoms with Crippen LogP contribution in [0.5, 0.6) is 11.5 Å². The first-order valence-corrected chi connectivity index (χ1v) is 7.84. The number of hydrogen-bond acceptors (Lipinski definition) is 4. The highest BCUT2D eigenvalue weighted by Gasteiger charge is 2.32. The van der Waals surface area contributed by atoms with Gasteiger partial charge in [0.15, 0.2) is 0 Å². The number of H-pyrrole nitrogens is 1. The Kier molecular flexibility index (Phi) is 3.44. The van der Waals surface area contributed by atoms with Crippen LogP contribution >= 0.6 is 0 Å². The molecule has 0 bridgehead atoms. The van der Waals surface area contributed by atoms with E-state index >= 15 is 0 Å². The third kappa shape index (κ3) is 2.54. The van der Waals surface area contributed by atoms with Crippen LogP contribution in [0.2, 0.25) is 0 Å². The molecule has 0 saturated carbocycles. The maximum atomic E-state index is 12.8. The first kappa shape index (κ1) is 14.1. The normalized spacial score (nSPS) is 19.5. The third-order valence-corrected chi connectivity index (χ3v) is 4.61. The average molecular weight is 313 g/mol. The first-order valence-electron chi connectivity index (χ1n) is 7.84. The number of aromatic nitrogens is 2. The van der Waals surface area contributed by atoms with E-state index < -0.39 is 0 Å². The number of nitrogens with zero attached hydrogens (tertiary/aromatic N) is 2. The van der Waals surface area contributed by atoms with Crippen molar-refractivity contribution in [3.63, 3.8) is 0 Å². The van der Waals surface area contributed by atoms with Crippen LogP contribution in [0, 0.1) is 5.92 Å². The van der Waals surface area contributed by atoms with Gasteiger partial charge in [-0.15, -0.1) is 0 Å². The number of carbonyl (C=O) groups is 1. The van der Waals surface area contributed by atoms with Crippen molar-refractivity contribution in [2.24, 2.45) is 5.92 Å². The van der Waals surface area contributed by atoms with Gasteiger partial charge in [0.05, 0.1) is 37.3 Å². The van der Waals surface area contributed by atoms with E-state index in [0.29, 0.717) is 19.6 Å². The van der Waals surface area contributed by atoms with E-state index in [0.717, 1.165) is 41.4 Å². The Morgan fingerprint density at radius 3 is 3.26 bits per heavy atom. The van der Waals surface area contributed by atoms with Crippen molar-refractivity contribution < 1.29 is 14.3 Å². The minimum absolute atomic E-state index is 0.140. The van der Waals surface area contributed by atoms with Crippen LogP contribution in [-0.4, -0.2) is 41.0 Å². The average Bonchev–Trinajstić information content (AvgIpc) is 3.07. The van der Waals surface area contributed by atoms with Crippen LogP contribution in [0.4, 0.5) is 0 Å². The topological polar surface area (TPSA) is 67.5 Å². The lowest BCUT2D eigenvalue weighted by molar-refractivity contribution is -0.138. The summed E-state index contributed by atoms with van der Waals surface area (Å²) in [6.07, 6.45) is 3.20. The molecule has 0 fully saturated rings. The highest BCUT2D eigenvalue weighted by atomic mass is 16.5. The molecule has 0 aliphatic carbocycles. The number of hydrogen-bond donors (Lipinski definition) is 1. The zero-order chi connectivity index (χ0) is 15.8. The quantitative estimate of drug-likeness (QED) is 0.913. The zero-order valence-corrected chi connectivity index (χ0v) is 13.0. The fourth-order valence-electron chi connectivity index (χ4n) is 3.32. The van der Waals surface area contributed by atoms with E-state index in [1.807, 2.05) is 23.1 Å². The van der Waals surface area contributed by atoms with Gasteiger partial charge in [0, 0.05) is 13.0 Å². The predicted octanol–water partition coefficient (Wildman–Crippen LogP) is 1.55. The van der Waals surface area contributed by atoms with E-state index in [1.165, 1.54) is 0 Å². The molecule has 6 nitrogen and oxygen atoms in total. The summed E-state index contributed by atoms with van der Waals surface area (Å²) in [5.41, 5.74) is 3.15. The van der Waals surface area contributed by atoms with Crippen molar-refractivity contribution in [1.82, 2.24) is 14.9 Å². The highest BCUT2D eigenvalue weighted by molar-refractivity contribution is 5.80. The fourth-order valence-corrected chi connectivity index (χ4v) is 3.32. The Bertz CT molecular complexity index is 740. The summed E-state index contributed by atoms with van der Waals surface area (Å²) in [4.78, 5) is 22.1. The lowest BCUT2D eigenvalue weighted by Crippen LogP contribution is -2.43. The molecule has 0 radical (unpaired) electrons. The van der Waals surface area contributed by atoms with Gasteiger partial charge in [0.25, 0.3) is 0 Å². The second-order valence-corrected chi connectivity index (χ2v) is 6.02. The summed E-state index contributed by atoms with van der Waals surface area (Å²) in [6, 6.07) is 5.75. The molecule has 1 N–H and O–H groups in total. The first-order chi connectivity index (χ1) is 11.2. The summed E-state index contributed by atoms with van der Waals surface area (Å²) < 4.78 is 11.0.